The predicted octanol–water partition coefficient (Wildman–Crippen LogP) is 4.62. The molecular formula is C19H14N2O4S2. The lowest BCUT2D eigenvalue weighted by Gasteiger charge is -2.11. The third-order valence-corrected chi connectivity index (χ3v) is 5.63. The van der Waals surface area contributed by atoms with Crippen molar-refractivity contribution in [1.29, 1.82) is 0 Å². The van der Waals surface area contributed by atoms with Gasteiger partial charge in [-0.15, -0.1) is 22.7 Å². The van der Waals surface area contributed by atoms with Crippen molar-refractivity contribution in [2.75, 3.05) is 0 Å². The van der Waals surface area contributed by atoms with Crippen LogP contribution in [0.2, 0.25) is 0 Å². The molecule has 0 unspecified atom stereocenters. The number of nitrogens with zero attached hydrogens (tertiary/aromatic N) is 1. The molecule has 4 rings (SSSR count). The SMILES string of the molecule is C[C@@H](OC(=O)/C=C/c1ccco1)c1nc2scc(-c3cccs3)c2c(=O)[nH]1. The lowest BCUT2D eigenvalue weighted by atomic mass is 10.2. The van der Waals surface area contributed by atoms with Crippen LogP contribution in [0.1, 0.15) is 24.6 Å². The van der Waals surface area contributed by atoms with Crippen LogP contribution in [0.5, 0.6) is 0 Å². The van der Waals surface area contributed by atoms with Crippen LogP contribution in [-0.4, -0.2) is 15.9 Å². The Kier molecular flexibility index (Phi) is 4.74. The first-order chi connectivity index (χ1) is 13.1. The van der Waals surface area contributed by atoms with E-state index in [1.807, 2.05) is 22.9 Å². The molecule has 136 valence electrons. The molecule has 4 aromatic rings. The van der Waals surface area contributed by atoms with E-state index in [-0.39, 0.29) is 5.56 Å². The Bertz CT molecular complexity index is 1150. The van der Waals surface area contributed by atoms with E-state index in [2.05, 4.69) is 9.97 Å². The number of fused-ring (bicyclic) bond motifs is 1. The summed E-state index contributed by atoms with van der Waals surface area (Å²) >= 11 is 2.96. The molecule has 0 amide bonds. The molecule has 0 aliphatic heterocycles. The van der Waals surface area contributed by atoms with Crippen molar-refractivity contribution in [2.45, 2.75) is 13.0 Å². The van der Waals surface area contributed by atoms with Gasteiger partial charge in [0.2, 0.25) is 0 Å². The highest BCUT2D eigenvalue weighted by Crippen LogP contribution is 2.33. The topological polar surface area (TPSA) is 85.2 Å². The van der Waals surface area contributed by atoms with Crippen molar-refractivity contribution in [3.05, 3.63) is 69.3 Å². The summed E-state index contributed by atoms with van der Waals surface area (Å²) in [5, 5.41) is 4.44. The molecule has 0 saturated heterocycles. The van der Waals surface area contributed by atoms with Gasteiger partial charge >= 0.3 is 5.97 Å². The molecule has 0 aliphatic carbocycles. The third-order valence-electron chi connectivity index (χ3n) is 3.85. The number of carbonyl (C=O) groups is 1. The number of furan rings is 1. The normalized spacial score (nSPS) is 12.6. The summed E-state index contributed by atoms with van der Waals surface area (Å²) < 4.78 is 10.4. The summed E-state index contributed by atoms with van der Waals surface area (Å²) in [5.74, 6) is 0.311. The Hall–Kier alpha value is -2.97. The molecule has 0 spiro atoms. The highest BCUT2D eigenvalue weighted by Gasteiger charge is 2.18. The molecule has 4 aromatic heterocycles. The Labute approximate surface area is 161 Å². The zero-order valence-electron chi connectivity index (χ0n) is 14.2. The molecule has 0 fully saturated rings. The highest BCUT2D eigenvalue weighted by molar-refractivity contribution is 7.18. The van der Waals surface area contributed by atoms with Crippen molar-refractivity contribution < 1.29 is 13.9 Å². The van der Waals surface area contributed by atoms with Crippen LogP contribution in [0.3, 0.4) is 0 Å². The van der Waals surface area contributed by atoms with E-state index in [1.54, 1.807) is 30.4 Å². The largest absolute Gasteiger partial charge is 0.465 e. The van der Waals surface area contributed by atoms with Gasteiger partial charge in [-0.1, -0.05) is 6.07 Å². The van der Waals surface area contributed by atoms with Gasteiger partial charge in [0.25, 0.3) is 5.56 Å². The second-order valence-electron chi connectivity index (χ2n) is 5.69. The number of carbonyl (C=O) groups excluding carboxylic acids is 1. The number of hydrogen-bond donors (Lipinski definition) is 1. The number of nitrogens with one attached hydrogen (secondary N) is 1. The fourth-order valence-corrected chi connectivity index (χ4v) is 4.35. The average Bonchev–Trinajstić information content (AvgIpc) is 3.39. The van der Waals surface area contributed by atoms with Crippen LogP contribution >= 0.6 is 22.7 Å². The average molecular weight is 398 g/mol. The lowest BCUT2D eigenvalue weighted by Crippen LogP contribution is -2.16. The standard InChI is InChI=1S/C19H14N2O4S2/c1-11(25-15(22)7-6-12-4-2-8-24-12)17-20-18(23)16-13(10-27-19(16)21-17)14-5-3-9-26-14/h2-11H,1H3,(H,20,21,23)/b7-6+/t11-/m1/s1. The summed E-state index contributed by atoms with van der Waals surface area (Å²) in [6, 6.07) is 7.36. The first-order valence-corrected chi connectivity index (χ1v) is 9.85. The van der Waals surface area contributed by atoms with Gasteiger partial charge in [-0.3, -0.25) is 4.79 Å². The van der Waals surface area contributed by atoms with Gasteiger partial charge in [-0.05, 0) is 36.6 Å². The predicted molar refractivity (Wildman–Crippen MR) is 106 cm³/mol. The molecule has 0 radical (unpaired) electrons. The molecule has 0 saturated carbocycles. The number of ether oxygens (including phenoxy) is 1. The zero-order chi connectivity index (χ0) is 18.8. The van der Waals surface area contributed by atoms with Crippen molar-refractivity contribution in [3.8, 4) is 10.4 Å². The quantitative estimate of drug-likeness (QED) is 0.391. The van der Waals surface area contributed by atoms with E-state index < -0.39 is 12.1 Å². The molecule has 27 heavy (non-hydrogen) atoms. The second-order valence-corrected chi connectivity index (χ2v) is 7.49. The zero-order valence-corrected chi connectivity index (χ0v) is 15.8. The minimum absolute atomic E-state index is 0.242. The van der Waals surface area contributed by atoms with Gasteiger partial charge in [0, 0.05) is 21.9 Å². The summed E-state index contributed by atoms with van der Waals surface area (Å²) in [5.41, 5.74) is 0.630. The fourth-order valence-electron chi connectivity index (χ4n) is 2.58. The summed E-state index contributed by atoms with van der Waals surface area (Å²) in [6.07, 6.45) is 3.61. The molecular weight excluding hydrogens is 384 g/mol. The van der Waals surface area contributed by atoms with E-state index >= 15 is 0 Å². The van der Waals surface area contributed by atoms with E-state index in [4.69, 9.17) is 9.15 Å². The van der Waals surface area contributed by atoms with Crippen LogP contribution in [0.25, 0.3) is 26.7 Å². The van der Waals surface area contributed by atoms with E-state index in [0.29, 0.717) is 21.8 Å². The smallest absolute Gasteiger partial charge is 0.331 e. The number of aromatic amines is 1. The van der Waals surface area contributed by atoms with Crippen LogP contribution in [-0.2, 0) is 9.53 Å². The maximum atomic E-state index is 12.6. The summed E-state index contributed by atoms with van der Waals surface area (Å²) in [6.45, 7) is 1.66. The number of aromatic nitrogens is 2. The first-order valence-electron chi connectivity index (χ1n) is 8.09. The molecule has 0 aliphatic rings. The number of H-pyrrole nitrogens is 1. The Morgan fingerprint density at radius 2 is 2.22 bits per heavy atom. The van der Waals surface area contributed by atoms with Crippen LogP contribution in [0.15, 0.2) is 56.6 Å². The first kappa shape index (κ1) is 17.4. The Balaban J connectivity index is 1.57. The number of thiophene rings is 2. The Morgan fingerprint density at radius 3 is 2.96 bits per heavy atom. The molecule has 0 bridgehead atoms. The lowest BCUT2D eigenvalue weighted by molar-refractivity contribution is -0.142. The van der Waals surface area contributed by atoms with Gasteiger partial charge in [-0.2, -0.15) is 0 Å². The maximum Gasteiger partial charge on any atom is 0.331 e. The van der Waals surface area contributed by atoms with Gasteiger partial charge in [-0.25, -0.2) is 9.78 Å². The van der Waals surface area contributed by atoms with Gasteiger partial charge in [0.15, 0.2) is 11.9 Å². The van der Waals surface area contributed by atoms with E-state index in [0.717, 1.165) is 10.4 Å². The number of rotatable bonds is 5. The monoisotopic (exact) mass is 398 g/mol. The van der Waals surface area contributed by atoms with Gasteiger partial charge in [0.05, 0.1) is 11.6 Å². The molecule has 4 heterocycles. The molecule has 0 aromatic carbocycles. The number of hydrogen-bond acceptors (Lipinski definition) is 7. The third kappa shape index (κ3) is 3.62. The maximum absolute atomic E-state index is 12.6. The van der Waals surface area contributed by atoms with Crippen molar-refractivity contribution in [2.24, 2.45) is 0 Å². The van der Waals surface area contributed by atoms with Crippen molar-refractivity contribution >= 4 is 44.9 Å². The second kappa shape index (κ2) is 7.34. The summed E-state index contributed by atoms with van der Waals surface area (Å²) in [7, 11) is 0. The molecule has 1 atom stereocenters. The van der Waals surface area contributed by atoms with Crippen molar-refractivity contribution in [1.82, 2.24) is 9.97 Å². The minimum Gasteiger partial charge on any atom is -0.465 e. The minimum atomic E-state index is -0.692. The molecule has 6 nitrogen and oxygen atoms in total. The van der Waals surface area contributed by atoms with Crippen LogP contribution < -0.4 is 5.56 Å². The molecule has 8 heteroatoms. The molecule has 1 N–H and O–H groups in total. The van der Waals surface area contributed by atoms with E-state index in [9.17, 15) is 9.59 Å². The van der Waals surface area contributed by atoms with Gasteiger partial charge in [0.1, 0.15) is 10.6 Å². The highest BCUT2D eigenvalue weighted by atomic mass is 32.1. The summed E-state index contributed by atoms with van der Waals surface area (Å²) in [4.78, 5) is 33.4. The van der Waals surface area contributed by atoms with Crippen LogP contribution in [0, 0.1) is 0 Å². The van der Waals surface area contributed by atoms with E-state index in [1.165, 1.54) is 29.8 Å². The van der Waals surface area contributed by atoms with Gasteiger partial charge < -0.3 is 14.1 Å². The fraction of sp³-hybridized carbons (Fsp3) is 0.105. The number of esters is 1. The van der Waals surface area contributed by atoms with Crippen molar-refractivity contribution in [3.63, 3.8) is 0 Å². The Morgan fingerprint density at radius 1 is 1.33 bits per heavy atom. The van der Waals surface area contributed by atoms with Crippen LogP contribution in [0.4, 0.5) is 0 Å².